The SMILES string of the molecule is CC(C)c1cc(C(C)C)[c]([Ge](/[CH]=C(\c2ccccc2)C(C)(C)C)[c]2c(C(C)C)cc(C(C)C)cc2C(C)C)c(C(C)C)c1.O. The summed E-state index contributed by atoms with van der Waals surface area (Å²) in [7, 11) is 0. The van der Waals surface area contributed by atoms with Crippen LogP contribution in [0.5, 0.6) is 0 Å². The Kier molecular flexibility index (Phi) is 13.4. The van der Waals surface area contributed by atoms with E-state index >= 15 is 0 Å². The van der Waals surface area contributed by atoms with Crippen molar-refractivity contribution in [2.45, 2.75) is 139 Å². The Hall–Kier alpha value is -2.10. The number of hydrogen-bond donors (Lipinski definition) is 0. The molecule has 44 heavy (non-hydrogen) atoms. The monoisotopic (exact) mass is 657 g/mol. The van der Waals surface area contributed by atoms with E-state index in [4.69, 9.17) is 0 Å². The van der Waals surface area contributed by atoms with Crippen molar-refractivity contribution in [3.63, 3.8) is 0 Å². The Labute approximate surface area is 276 Å². The van der Waals surface area contributed by atoms with Gasteiger partial charge in [-0.1, -0.05) is 0 Å². The van der Waals surface area contributed by atoms with Gasteiger partial charge in [0, 0.05) is 0 Å². The van der Waals surface area contributed by atoms with Crippen LogP contribution in [0.15, 0.2) is 59.5 Å². The van der Waals surface area contributed by atoms with Gasteiger partial charge in [0.15, 0.2) is 0 Å². The van der Waals surface area contributed by atoms with Gasteiger partial charge in [-0.15, -0.1) is 0 Å². The molecule has 0 aliphatic heterocycles. The molecule has 3 rings (SSSR count). The Bertz CT molecular complexity index is 1260. The van der Waals surface area contributed by atoms with Crippen molar-refractivity contribution in [2.75, 3.05) is 0 Å². The maximum Gasteiger partial charge on any atom is -0.412 e. The topological polar surface area (TPSA) is 31.5 Å². The Balaban J connectivity index is 0.00000675. The molecule has 0 fully saturated rings. The first-order chi connectivity index (χ1) is 19.9. The standard InChI is InChI=1S/C42H61Ge.H2O/c1-26(2)33-21-35(28(5)6)40(36(22-33)29(7)8)43(25-39(42(13,14)15)32-19-17-16-18-20-32)41-37(30(9)10)23-34(27(3)4)24-38(41)31(11)12;/h16-31H,1-15H3;1H2/b39-25+;. The average molecular weight is 657 g/mol. The van der Waals surface area contributed by atoms with Gasteiger partial charge >= 0.3 is 272 Å². The molecule has 0 spiro atoms. The number of hydrogen-bond acceptors (Lipinski definition) is 0. The predicted octanol–water partition coefficient (Wildman–Crippen LogP) is 10.9. The molecular weight excluding hydrogens is 593 g/mol. The molecule has 3 aromatic carbocycles. The third-order valence-electron chi connectivity index (χ3n) is 8.98. The second kappa shape index (κ2) is 15.5. The minimum absolute atomic E-state index is 0. The molecule has 0 aromatic heterocycles. The summed E-state index contributed by atoms with van der Waals surface area (Å²) in [5.41, 5.74) is 12.2. The molecule has 1 radical (unpaired) electrons. The van der Waals surface area contributed by atoms with Gasteiger partial charge in [-0.3, -0.25) is 0 Å². The molecule has 2 heteroatoms. The molecule has 0 aliphatic rings. The van der Waals surface area contributed by atoms with Crippen LogP contribution >= 0.6 is 0 Å². The van der Waals surface area contributed by atoms with Gasteiger partial charge in [0.2, 0.25) is 0 Å². The molecule has 0 amide bonds. The van der Waals surface area contributed by atoms with Crippen molar-refractivity contribution in [3.05, 3.63) is 98.4 Å². The summed E-state index contributed by atoms with van der Waals surface area (Å²) in [6.45, 7) is 36.0. The van der Waals surface area contributed by atoms with Crippen molar-refractivity contribution < 1.29 is 5.48 Å². The molecule has 0 unspecified atom stereocenters. The molecule has 0 bridgehead atoms. The quantitative estimate of drug-likeness (QED) is 0.195. The summed E-state index contributed by atoms with van der Waals surface area (Å²) >= 11 is -2.34. The number of allylic oxidation sites excluding steroid dienone is 1. The van der Waals surface area contributed by atoms with Crippen molar-refractivity contribution >= 4 is 28.7 Å². The minimum Gasteiger partial charge on any atom is -0.412 e. The number of benzene rings is 3. The molecular formula is C42H63GeO. The summed E-state index contributed by atoms with van der Waals surface area (Å²) in [6, 6.07) is 21.6. The summed E-state index contributed by atoms with van der Waals surface area (Å²) in [5, 5.41) is 0. The fraction of sp³-hybridized carbons (Fsp3) is 0.524. The van der Waals surface area contributed by atoms with Crippen LogP contribution in [-0.4, -0.2) is 19.8 Å². The van der Waals surface area contributed by atoms with Crippen LogP contribution in [0.4, 0.5) is 0 Å². The molecule has 0 aliphatic carbocycles. The first-order valence-corrected chi connectivity index (χ1v) is 20.3. The summed E-state index contributed by atoms with van der Waals surface area (Å²) < 4.78 is 3.40. The van der Waals surface area contributed by atoms with E-state index in [1.54, 1.807) is 31.0 Å². The minimum atomic E-state index is -2.34. The first kappa shape index (κ1) is 38.1. The van der Waals surface area contributed by atoms with Gasteiger partial charge in [-0.25, -0.2) is 0 Å². The van der Waals surface area contributed by atoms with E-state index < -0.39 is 14.3 Å². The second-order valence-electron chi connectivity index (χ2n) is 15.7. The molecule has 241 valence electrons. The molecule has 1 nitrogen and oxygen atoms in total. The molecule has 3 aromatic rings. The van der Waals surface area contributed by atoms with Crippen LogP contribution in [0.25, 0.3) is 5.57 Å². The van der Waals surface area contributed by atoms with Gasteiger partial charge in [0.05, 0.1) is 0 Å². The van der Waals surface area contributed by atoms with Crippen molar-refractivity contribution in [2.24, 2.45) is 5.41 Å². The summed E-state index contributed by atoms with van der Waals surface area (Å²) in [5.74, 6) is 2.91. The third-order valence-corrected chi connectivity index (χ3v) is 14.9. The van der Waals surface area contributed by atoms with Crippen molar-refractivity contribution in [1.29, 1.82) is 0 Å². The van der Waals surface area contributed by atoms with E-state index in [0.717, 1.165) is 0 Å². The zero-order valence-corrected chi connectivity index (χ0v) is 32.8. The Morgan fingerprint density at radius 2 is 0.841 bits per heavy atom. The first-order valence-electron chi connectivity index (χ1n) is 17.0. The van der Waals surface area contributed by atoms with Crippen LogP contribution in [0.1, 0.15) is 178 Å². The zero-order valence-electron chi connectivity index (χ0n) is 30.7. The Morgan fingerprint density at radius 3 is 1.09 bits per heavy atom. The van der Waals surface area contributed by atoms with Crippen LogP contribution in [0.2, 0.25) is 0 Å². The van der Waals surface area contributed by atoms with Crippen LogP contribution in [0, 0.1) is 5.41 Å². The normalized spacial score (nSPS) is 12.9. The average Bonchev–Trinajstić information content (AvgIpc) is 2.91. The molecule has 2 N–H and O–H groups in total. The van der Waals surface area contributed by atoms with E-state index in [1.807, 2.05) is 0 Å². The molecule has 0 saturated heterocycles. The van der Waals surface area contributed by atoms with Gasteiger partial charge in [-0.05, 0) is 0 Å². The van der Waals surface area contributed by atoms with Crippen molar-refractivity contribution in [1.82, 2.24) is 0 Å². The number of rotatable bonds is 10. The second-order valence-corrected chi connectivity index (χ2v) is 20.1. The molecule has 0 heterocycles. The van der Waals surface area contributed by atoms with Gasteiger partial charge in [-0.2, -0.15) is 0 Å². The zero-order chi connectivity index (χ0) is 32.4. The van der Waals surface area contributed by atoms with E-state index in [2.05, 4.69) is 163 Å². The van der Waals surface area contributed by atoms with Gasteiger partial charge in [0.25, 0.3) is 0 Å². The molecule has 0 atom stereocenters. The fourth-order valence-electron chi connectivity index (χ4n) is 6.30. The fourth-order valence-corrected chi connectivity index (χ4v) is 14.9. The summed E-state index contributed by atoms with van der Waals surface area (Å²) in [6.07, 6.45) is 0. The van der Waals surface area contributed by atoms with Gasteiger partial charge < -0.3 is 5.48 Å². The third kappa shape index (κ3) is 8.58. The van der Waals surface area contributed by atoms with Crippen molar-refractivity contribution in [3.8, 4) is 0 Å². The molecule has 0 saturated carbocycles. The van der Waals surface area contributed by atoms with E-state index in [-0.39, 0.29) is 10.9 Å². The summed E-state index contributed by atoms with van der Waals surface area (Å²) in [4.78, 5) is 2.85. The predicted molar refractivity (Wildman–Crippen MR) is 200 cm³/mol. The Morgan fingerprint density at radius 1 is 0.523 bits per heavy atom. The van der Waals surface area contributed by atoms with Crippen LogP contribution in [0.3, 0.4) is 0 Å². The maximum atomic E-state index is 2.85. The van der Waals surface area contributed by atoms with Crippen LogP contribution < -0.4 is 8.79 Å². The van der Waals surface area contributed by atoms with E-state index in [9.17, 15) is 0 Å². The van der Waals surface area contributed by atoms with Gasteiger partial charge in [0.1, 0.15) is 0 Å². The van der Waals surface area contributed by atoms with E-state index in [1.165, 1.54) is 22.3 Å². The smallest absolute Gasteiger partial charge is 0.412 e. The van der Waals surface area contributed by atoms with Crippen LogP contribution in [-0.2, 0) is 0 Å². The maximum absolute atomic E-state index is 2.85. The van der Waals surface area contributed by atoms with E-state index in [0.29, 0.717) is 35.5 Å². The largest absolute Gasteiger partial charge is 0.412 e.